The second-order valence-electron chi connectivity index (χ2n) is 4.05. The molecule has 0 spiro atoms. The molecule has 0 radical (unpaired) electrons. The fraction of sp³-hybridized carbons (Fsp3) is 0.417. The predicted octanol–water partition coefficient (Wildman–Crippen LogP) is 1.56. The van der Waals surface area contributed by atoms with Crippen LogP contribution < -0.4 is 4.74 Å². The van der Waals surface area contributed by atoms with E-state index >= 15 is 0 Å². The van der Waals surface area contributed by atoms with Crippen molar-refractivity contribution in [3.8, 4) is 5.75 Å². The Hall–Kier alpha value is -1.71. The lowest BCUT2D eigenvalue weighted by Gasteiger charge is -2.23. The van der Waals surface area contributed by atoms with Gasteiger partial charge in [-0.15, -0.1) is 0 Å². The number of carbonyl (C=O) groups is 1. The quantitative estimate of drug-likeness (QED) is 0.664. The van der Waals surface area contributed by atoms with Gasteiger partial charge in [-0.05, 0) is 6.07 Å². The summed E-state index contributed by atoms with van der Waals surface area (Å²) in [6, 6.07) is 7.88. The topological polar surface area (TPSA) is 32.8 Å². The van der Waals surface area contributed by atoms with E-state index in [0.717, 1.165) is 11.3 Å². The van der Waals surface area contributed by atoms with E-state index in [4.69, 9.17) is 4.74 Å². The molecule has 4 heteroatoms. The van der Waals surface area contributed by atoms with Gasteiger partial charge in [-0.2, -0.15) is 0 Å². The van der Waals surface area contributed by atoms with Gasteiger partial charge >= 0.3 is 6.03 Å². The maximum absolute atomic E-state index is 11.9. The molecule has 0 fully saturated rings. The highest BCUT2D eigenvalue weighted by molar-refractivity contribution is 5.74. The van der Waals surface area contributed by atoms with Crippen LogP contribution in [0.1, 0.15) is 5.56 Å². The van der Waals surface area contributed by atoms with E-state index in [-0.39, 0.29) is 6.03 Å². The molecule has 1 aromatic carbocycles. The highest BCUT2D eigenvalue weighted by Gasteiger charge is 2.20. The molecule has 1 aliphatic rings. The van der Waals surface area contributed by atoms with Gasteiger partial charge in [-0.1, -0.05) is 18.2 Å². The monoisotopic (exact) mass is 220 g/mol. The molecule has 2 amide bonds. The van der Waals surface area contributed by atoms with Crippen molar-refractivity contribution in [2.45, 2.75) is 6.54 Å². The lowest BCUT2D eigenvalue weighted by atomic mass is 10.2. The van der Waals surface area contributed by atoms with Crippen molar-refractivity contribution < 1.29 is 9.53 Å². The molecule has 16 heavy (non-hydrogen) atoms. The lowest BCUT2D eigenvalue weighted by Crippen LogP contribution is -2.39. The number of hydrogen-bond donors (Lipinski definition) is 0. The summed E-state index contributed by atoms with van der Waals surface area (Å²) in [5.41, 5.74) is 1.07. The first-order valence-corrected chi connectivity index (χ1v) is 5.35. The Labute approximate surface area is 95.4 Å². The molecule has 0 aromatic heterocycles. The summed E-state index contributed by atoms with van der Waals surface area (Å²) >= 11 is 0. The summed E-state index contributed by atoms with van der Waals surface area (Å²) in [6.07, 6.45) is 0. The zero-order valence-electron chi connectivity index (χ0n) is 9.64. The number of urea groups is 1. The molecule has 86 valence electrons. The number of hydrogen-bond acceptors (Lipinski definition) is 2. The van der Waals surface area contributed by atoms with E-state index in [0.29, 0.717) is 19.7 Å². The fourth-order valence-electron chi connectivity index (χ4n) is 1.77. The van der Waals surface area contributed by atoms with Gasteiger partial charge in [0.15, 0.2) is 0 Å². The first-order chi connectivity index (χ1) is 7.68. The van der Waals surface area contributed by atoms with Crippen LogP contribution in [0.25, 0.3) is 0 Å². The summed E-state index contributed by atoms with van der Waals surface area (Å²) < 4.78 is 5.60. The molecule has 0 saturated heterocycles. The number of fused-ring (bicyclic) bond motifs is 1. The minimum absolute atomic E-state index is 0.0281. The van der Waals surface area contributed by atoms with Crippen LogP contribution in [0.2, 0.25) is 0 Å². The van der Waals surface area contributed by atoms with Crippen LogP contribution in [-0.4, -0.2) is 43.1 Å². The second kappa shape index (κ2) is 4.43. The summed E-state index contributed by atoms with van der Waals surface area (Å²) in [7, 11) is 3.53. The van der Waals surface area contributed by atoms with Gasteiger partial charge in [-0.25, -0.2) is 4.79 Å². The average Bonchev–Trinajstić information content (AvgIpc) is 2.49. The van der Waals surface area contributed by atoms with Crippen LogP contribution in [0.15, 0.2) is 24.3 Å². The zero-order chi connectivity index (χ0) is 11.5. The SMILES string of the molecule is CN(C)C(=O)N1CCOc2ccccc2C1. The number of carbonyl (C=O) groups excluding carboxylic acids is 1. The maximum Gasteiger partial charge on any atom is 0.319 e. The Balaban J connectivity index is 2.20. The normalized spacial score (nSPS) is 14.8. The van der Waals surface area contributed by atoms with E-state index in [9.17, 15) is 4.79 Å². The van der Waals surface area contributed by atoms with Crippen LogP contribution in [-0.2, 0) is 6.54 Å². The molecule has 0 saturated carbocycles. The number of rotatable bonds is 0. The Morgan fingerprint density at radius 1 is 1.38 bits per heavy atom. The van der Waals surface area contributed by atoms with Crippen LogP contribution in [0, 0.1) is 0 Å². The van der Waals surface area contributed by atoms with Crippen molar-refractivity contribution in [2.75, 3.05) is 27.2 Å². The Kier molecular flexibility index (Phi) is 2.99. The molecule has 0 N–H and O–H groups in total. The van der Waals surface area contributed by atoms with Crippen molar-refractivity contribution in [1.29, 1.82) is 0 Å². The van der Waals surface area contributed by atoms with E-state index < -0.39 is 0 Å². The van der Waals surface area contributed by atoms with Crippen LogP contribution >= 0.6 is 0 Å². The average molecular weight is 220 g/mol. The molecular weight excluding hydrogens is 204 g/mol. The van der Waals surface area contributed by atoms with Gasteiger partial charge in [0, 0.05) is 19.7 Å². The molecule has 4 nitrogen and oxygen atoms in total. The minimum atomic E-state index is 0.0281. The summed E-state index contributed by atoms with van der Waals surface area (Å²) in [5, 5.41) is 0. The van der Waals surface area contributed by atoms with E-state index in [2.05, 4.69) is 0 Å². The zero-order valence-corrected chi connectivity index (χ0v) is 9.64. The van der Waals surface area contributed by atoms with E-state index in [1.54, 1.807) is 23.9 Å². The van der Waals surface area contributed by atoms with E-state index in [1.165, 1.54) is 0 Å². The largest absolute Gasteiger partial charge is 0.491 e. The molecule has 0 unspecified atom stereocenters. The number of para-hydroxylation sites is 1. The van der Waals surface area contributed by atoms with E-state index in [1.807, 2.05) is 24.3 Å². The molecule has 0 bridgehead atoms. The lowest BCUT2D eigenvalue weighted by molar-refractivity contribution is 0.162. The smallest absolute Gasteiger partial charge is 0.319 e. The summed E-state index contributed by atoms with van der Waals surface area (Å²) in [6.45, 7) is 1.80. The van der Waals surface area contributed by atoms with Gasteiger partial charge in [0.25, 0.3) is 0 Å². The Morgan fingerprint density at radius 3 is 2.88 bits per heavy atom. The van der Waals surface area contributed by atoms with Gasteiger partial charge in [0.2, 0.25) is 0 Å². The number of amides is 2. The molecule has 2 rings (SSSR count). The third-order valence-electron chi connectivity index (χ3n) is 2.61. The summed E-state index contributed by atoms with van der Waals surface area (Å²) in [5.74, 6) is 0.886. The third-order valence-corrected chi connectivity index (χ3v) is 2.61. The summed E-state index contributed by atoms with van der Waals surface area (Å²) in [4.78, 5) is 15.2. The van der Waals surface area contributed by atoms with Crippen LogP contribution in [0.4, 0.5) is 4.79 Å². The van der Waals surface area contributed by atoms with Crippen molar-refractivity contribution in [3.05, 3.63) is 29.8 Å². The predicted molar refractivity (Wildman–Crippen MR) is 61.4 cm³/mol. The van der Waals surface area contributed by atoms with Crippen molar-refractivity contribution in [3.63, 3.8) is 0 Å². The first-order valence-electron chi connectivity index (χ1n) is 5.35. The number of benzene rings is 1. The maximum atomic E-state index is 11.9. The number of nitrogens with zero attached hydrogens (tertiary/aromatic N) is 2. The van der Waals surface area contributed by atoms with Crippen molar-refractivity contribution >= 4 is 6.03 Å². The Bertz CT molecular complexity index is 390. The van der Waals surface area contributed by atoms with Gasteiger partial charge in [0.05, 0.1) is 13.1 Å². The first kappa shape index (κ1) is 10.8. The molecular formula is C12H16N2O2. The fourth-order valence-corrected chi connectivity index (χ4v) is 1.77. The minimum Gasteiger partial charge on any atom is -0.491 e. The molecule has 1 aromatic rings. The highest BCUT2D eigenvalue weighted by atomic mass is 16.5. The van der Waals surface area contributed by atoms with Gasteiger partial charge in [0.1, 0.15) is 12.4 Å². The second-order valence-corrected chi connectivity index (χ2v) is 4.05. The van der Waals surface area contributed by atoms with Crippen LogP contribution in [0.3, 0.4) is 0 Å². The highest BCUT2D eigenvalue weighted by Crippen LogP contribution is 2.22. The molecule has 0 aliphatic carbocycles. The molecule has 1 aliphatic heterocycles. The third kappa shape index (κ3) is 2.10. The number of ether oxygens (including phenoxy) is 1. The Morgan fingerprint density at radius 2 is 2.12 bits per heavy atom. The molecule has 1 heterocycles. The van der Waals surface area contributed by atoms with Gasteiger partial charge < -0.3 is 14.5 Å². The standard InChI is InChI=1S/C12H16N2O2/c1-13(2)12(15)14-7-8-16-11-6-4-3-5-10(11)9-14/h3-6H,7-9H2,1-2H3. The van der Waals surface area contributed by atoms with Crippen LogP contribution in [0.5, 0.6) is 5.75 Å². The van der Waals surface area contributed by atoms with Crippen molar-refractivity contribution in [2.24, 2.45) is 0 Å². The molecule has 0 atom stereocenters. The van der Waals surface area contributed by atoms with Crippen molar-refractivity contribution in [1.82, 2.24) is 9.80 Å². The van der Waals surface area contributed by atoms with Gasteiger partial charge in [-0.3, -0.25) is 0 Å².